The van der Waals surface area contributed by atoms with Crippen LogP contribution in [0.4, 0.5) is 5.69 Å². The van der Waals surface area contributed by atoms with Crippen LogP contribution in [0.5, 0.6) is 28.7 Å². The molecular formula is C65H66ClNO18S. The summed E-state index contributed by atoms with van der Waals surface area (Å²) in [5, 5.41) is 0. The Morgan fingerprint density at radius 1 is 0.477 bits per heavy atom. The third-order valence-electron chi connectivity index (χ3n) is 15.4. The number of ether oxygens (including phenoxy) is 8. The lowest BCUT2D eigenvalue weighted by Gasteiger charge is -2.26. The zero-order chi connectivity index (χ0) is 61.3. The second-order valence-electron chi connectivity index (χ2n) is 21.4. The van der Waals surface area contributed by atoms with E-state index in [1.807, 2.05) is 0 Å². The maximum atomic E-state index is 13.7. The fraction of sp³-hybridized carbons (Fsp3) is 0.385. The minimum absolute atomic E-state index is 0.0113. The van der Waals surface area contributed by atoms with E-state index in [1.165, 1.54) is 61.2 Å². The average molecular weight is 1220 g/mol. The van der Waals surface area contributed by atoms with E-state index in [4.69, 9.17) is 49.5 Å². The number of carbonyl (C=O) groups is 10. The summed E-state index contributed by atoms with van der Waals surface area (Å²) in [4.78, 5) is 129. The third kappa shape index (κ3) is 18.3. The molecule has 3 aliphatic rings. The van der Waals surface area contributed by atoms with Gasteiger partial charge in [-0.2, -0.15) is 0 Å². The van der Waals surface area contributed by atoms with E-state index < -0.39 is 53.5 Å². The molecule has 21 heteroatoms. The van der Waals surface area contributed by atoms with Gasteiger partial charge in [-0.15, -0.1) is 11.3 Å². The SMILES string of the molecule is CC(=O)OCCOC(=O)C1CCC(C(=O)Oc2ccc(N(C)C(=O)c3ccc(OC(=O)C4CCC(C(=O)Oc5ccc(OC(=O)C6CCC(C(=O)Oc7ccc(CCOC(C)=O)cc7)CC6)cc5/C=C/C(=O)c5ccc(Cl)s5)CC4)cc3)cc2)CC1. The van der Waals surface area contributed by atoms with Crippen LogP contribution in [0.3, 0.4) is 0 Å². The van der Waals surface area contributed by atoms with Crippen molar-refractivity contribution in [3.05, 3.63) is 135 Å². The van der Waals surface area contributed by atoms with Crippen LogP contribution in [0.2, 0.25) is 4.34 Å². The molecule has 1 heterocycles. The number of hydrogen-bond donors (Lipinski definition) is 0. The predicted molar refractivity (Wildman–Crippen MR) is 314 cm³/mol. The number of ketones is 1. The number of benzene rings is 4. The number of nitrogens with zero attached hydrogens (tertiary/aromatic N) is 1. The highest BCUT2D eigenvalue weighted by molar-refractivity contribution is 7.18. The van der Waals surface area contributed by atoms with Crippen LogP contribution < -0.4 is 28.6 Å². The van der Waals surface area contributed by atoms with Crippen LogP contribution in [0, 0.1) is 35.5 Å². The zero-order valence-electron chi connectivity index (χ0n) is 47.8. The predicted octanol–water partition coefficient (Wildman–Crippen LogP) is 11.1. The number of anilines is 1. The van der Waals surface area contributed by atoms with E-state index in [0.717, 1.165) is 16.9 Å². The Balaban J connectivity index is 0.780. The monoisotopic (exact) mass is 1220 g/mol. The van der Waals surface area contributed by atoms with E-state index in [0.29, 0.717) is 121 Å². The van der Waals surface area contributed by atoms with Gasteiger partial charge in [-0.3, -0.25) is 47.9 Å². The summed E-state index contributed by atoms with van der Waals surface area (Å²) in [7, 11) is 1.60. The highest BCUT2D eigenvalue weighted by Crippen LogP contribution is 2.37. The molecule has 0 N–H and O–H groups in total. The average Bonchev–Trinajstić information content (AvgIpc) is 4.14. The fourth-order valence-electron chi connectivity index (χ4n) is 10.4. The second-order valence-corrected chi connectivity index (χ2v) is 23.1. The van der Waals surface area contributed by atoms with Gasteiger partial charge in [-0.25, -0.2) is 0 Å². The smallest absolute Gasteiger partial charge is 0.314 e. The Morgan fingerprint density at radius 3 is 1.35 bits per heavy atom. The summed E-state index contributed by atoms with van der Waals surface area (Å²) in [6, 6.07) is 27.3. The van der Waals surface area contributed by atoms with Gasteiger partial charge in [-0.05, 0) is 186 Å². The molecule has 8 rings (SSSR count). The van der Waals surface area contributed by atoms with E-state index in [1.54, 1.807) is 79.8 Å². The second kappa shape index (κ2) is 30.5. The first kappa shape index (κ1) is 63.5. The highest BCUT2D eigenvalue weighted by atomic mass is 35.5. The molecule has 86 heavy (non-hydrogen) atoms. The minimum Gasteiger partial charge on any atom is -0.466 e. The molecule has 0 radical (unpaired) electrons. The number of esters is 8. The number of allylic oxidation sites excluding steroid dienone is 1. The van der Waals surface area contributed by atoms with Crippen molar-refractivity contribution in [3.8, 4) is 28.7 Å². The van der Waals surface area contributed by atoms with Crippen molar-refractivity contribution in [1.82, 2.24) is 0 Å². The lowest BCUT2D eigenvalue weighted by Crippen LogP contribution is -2.30. The molecule has 0 bridgehead atoms. The van der Waals surface area contributed by atoms with Gasteiger partial charge < -0.3 is 42.8 Å². The molecule has 0 aliphatic heterocycles. The molecule has 19 nitrogen and oxygen atoms in total. The van der Waals surface area contributed by atoms with Gasteiger partial charge in [0.15, 0.2) is 5.78 Å². The normalized spacial score (nSPS) is 19.2. The summed E-state index contributed by atoms with van der Waals surface area (Å²) in [5.41, 5.74) is 2.07. The number of amides is 1. The van der Waals surface area contributed by atoms with Gasteiger partial charge in [0.2, 0.25) is 0 Å². The Morgan fingerprint density at radius 2 is 0.884 bits per heavy atom. The number of rotatable bonds is 22. The minimum atomic E-state index is -0.557. The molecule has 4 aromatic carbocycles. The lowest BCUT2D eigenvalue weighted by molar-refractivity contribution is -0.156. The van der Waals surface area contributed by atoms with Gasteiger partial charge in [0, 0.05) is 44.1 Å². The summed E-state index contributed by atoms with van der Waals surface area (Å²) in [5.74, 6) is -5.67. The fourth-order valence-corrected chi connectivity index (χ4v) is 11.4. The first-order valence-electron chi connectivity index (χ1n) is 28.6. The third-order valence-corrected chi connectivity index (χ3v) is 16.6. The molecule has 452 valence electrons. The van der Waals surface area contributed by atoms with E-state index in [9.17, 15) is 47.9 Å². The molecule has 0 unspecified atom stereocenters. The molecule has 3 aliphatic carbocycles. The summed E-state index contributed by atoms with van der Waals surface area (Å²) in [6.45, 7) is 2.83. The van der Waals surface area contributed by atoms with Crippen LogP contribution in [0.15, 0.2) is 109 Å². The Bertz CT molecular complexity index is 3290. The van der Waals surface area contributed by atoms with Crippen LogP contribution in [0.25, 0.3) is 6.08 Å². The van der Waals surface area contributed by atoms with Crippen LogP contribution in [-0.4, -0.2) is 86.3 Å². The van der Waals surface area contributed by atoms with Crippen LogP contribution >= 0.6 is 22.9 Å². The molecule has 0 saturated heterocycles. The first-order chi connectivity index (χ1) is 41.3. The maximum absolute atomic E-state index is 13.7. The number of hydrogen-bond acceptors (Lipinski definition) is 19. The maximum Gasteiger partial charge on any atom is 0.314 e. The highest BCUT2D eigenvalue weighted by Gasteiger charge is 2.35. The molecule has 3 fully saturated rings. The molecule has 0 atom stereocenters. The standard InChI is InChI=1S/C65H66ClNO18S/c1-39(68)78-35-34-41-4-23-51(24-5-41)81-61(73)45-10-12-47(13-11-45)64(76)84-54-29-31-56(49(38-54)20-30-55(70)57-32-33-58(66)86-57)85-65(77)48-16-14-46(15-17-48)62(74)82-52-25-18-42(19-26-52)59(71)67(3)50-21-27-53(28-22-50)83-63(75)44-8-6-43(7-9-44)60(72)80-37-36-79-40(2)69/h4-5,18-33,38,43-48H,6-17,34-37H2,1-3H3/b30-20+. The van der Waals surface area contributed by atoms with Crippen molar-refractivity contribution in [2.45, 2.75) is 97.3 Å². The van der Waals surface area contributed by atoms with Crippen LogP contribution in [-0.2, 0) is 59.0 Å². The van der Waals surface area contributed by atoms with Gasteiger partial charge >= 0.3 is 47.8 Å². The molecule has 1 amide bonds. The van der Waals surface area contributed by atoms with Crippen LogP contribution in [0.1, 0.15) is 122 Å². The first-order valence-corrected chi connectivity index (χ1v) is 29.8. The molecule has 3 saturated carbocycles. The Labute approximate surface area is 506 Å². The molecule has 1 aromatic heterocycles. The van der Waals surface area contributed by atoms with Crippen molar-refractivity contribution in [2.75, 3.05) is 31.8 Å². The lowest BCUT2D eigenvalue weighted by atomic mass is 9.82. The van der Waals surface area contributed by atoms with Crippen molar-refractivity contribution >= 4 is 94.1 Å². The molecule has 0 spiro atoms. The number of carbonyl (C=O) groups excluding carboxylic acids is 10. The summed E-state index contributed by atoms with van der Waals surface area (Å²) in [6.07, 6.45) is 8.12. The largest absolute Gasteiger partial charge is 0.466 e. The van der Waals surface area contributed by atoms with Crippen molar-refractivity contribution in [2.24, 2.45) is 35.5 Å². The summed E-state index contributed by atoms with van der Waals surface area (Å²) >= 11 is 7.19. The number of halogens is 1. The van der Waals surface area contributed by atoms with Gasteiger partial charge in [0.25, 0.3) is 5.91 Å². The van der Waals surface area contributed by atoms with Crippen molar-refractivity contribution in [1.29, 1.82) is 0 Å². The van der Waals surface area contributed by atoms with E-state index in [-0.39, 0.29) is 78.5 Å². The van der Waals surface area contributed by atoms with Gasteiger partial charge in [0.05, 0.1) is 51.3 Å². The molecular weight excluding hydrogens is 1150 g/mol. The van der Waals surface area contributed by atoms with Crippen molar-refractivity contribution in [3.63, 3.8) is 0 Å². The van der Waals surface area contributed by atoms with Crippen molar-refractivity contribution < 1.29 is 85.8 Å². The quantitative estimate of drug-likeness (QED) is 0.0156. The Hall–Kier alpha value is -8.49. The zero-order valence-corrected chi connectivity index (χ0v) is 49.4. The van der Waals surface area contributed by atoms with E-state index >= 15 is 0 Å². The Kier molecular flexibility index (Phi) is 22.6. The van der Waals surface area contributed by atoms with Gasteiger partial charge in [0.1, 0.15) is 42.0 Å². The number of thiophene rings is 1. The topological polar surface area (TPSA) is 248 Å². The summed E-state index contributed by atoms with van der Waals surface area (Å²) < 4.78 is 44.1. The molecule has 5 aromatic rings. The van der Waals surface area contributed by atoms with E-state index in [2.05, 4.69) is 0 Å². The van der Waals surface area contributed by atoms with Gasteiger partial charge in [-0.1, -0.05) is 23.7 Å².